The van der Waals surface area contributed by atoms with Crippen molar-refractivity contribution in [2.24, 2.45) is 0 Å². The summed E-state index contributed by atoms with van der Waals surface area (Å²) in [4.78, 5) is 27.0. The Morgan fingerprint density at radius 3 is 2.31 bits per heavy atom. The largest absolute Gasteiger partial charge is 0.325 e. The number of urea groups is 1. The molecule has 3 amide bonds. The molecule has 26 heavy (non-hydrogen) atoms. The van der Waals surface area contributed by atoms with Gasteiger partial charge in [0.15, 0.2) is 0 Å². The highest BCUT2D eigenvalue weighted by Crippen LogP contribution is 2.27. The lowest BCUT2D eigenvalue weighted by Gasteiger charge is -2.18. The highest BCUT2D eigenvalue weighted by atomic mass is 16.2. The van der Waals surface area contributed by atoms with Crippen LogP contribution in [0.1, 0.15) is 40.7 Å². The maximum absolute atomic E-state index is 12.8. The Bertz CT molecular complexity index is 841. The number of carbonyl (C=O) groups excluding carboxylic acids is 2. The first-order chi connectivity index (χ1) is 12.7. The summed E-state index contributed by atoms with van der Waals surface area (Å²) in [6.45, 7) is 1.58. The second-order valence-corrected chi connectivity index (χ2v) is 6.92. The normalized spacial score (nSPS) is 15.6. The summed E-state index contributed by atoms with van der Waals surface area (Å²) < 4.78 is 0. The van der Waals surface area contributed by atoms with E-state index in [0.717, 1.165) is 56.3 Å². The molecule has 5 nitrogen and oxygen atoms in total. The first kappa shape index (κ1) is 16.6. The third-order valence-corrected chi connectivity index (χ3v) is 5.20. The smallest absolute Gasteiger partial charge is 0.321 e. The standard InChI is InChI=1S/C21H23N3O2/c25-20(17-10-6-8-15-7-5-9-16(15)17)22-18-11-1-2-12-19(18)23-21(26)24-13-3-4-14-24/h1-2,6,8,10-12H,3-5,7,9,13-14H2,(H,22,25)(H,23,26). The van der Waals surface area contributed by atoms with Gasteiger partial charge in [-0.2, -0.15) is 0 Å². The Kier molecular flexibility index (Phi) is 4.61. The molecule has 0 radical (unpaired) electrons. The number of fused-ring (bicyclic) bond motifs is 1. The van der Waals surface area contributed by atoms with Crippen LogP contribution in [0.25, 0.3) is 0 Å². The number of likely N-dealkylation sites (tertiary alicyclic amines) is 1. The van der Waals surface area contributed by atoms with Gasteiger partial charge in [-0.25, -0.2) is 4.79 Å². The van der Waals surface area contributed by atoms with Crippen LogP contribution in [0.15, 0.2) is 42.5 Å². The summed E-state index contributed by atoms with van der Waals surface area (Å²) in [5, 5.41) is 5.91. The van der Waals surface area contributed by atoms with Crippen LogP contribution >= 0.6 is 0 Å². The van der Waals surface area contributed by atoms with Gasteiger partial charge in [-0.3, -0.25) is 4.79 Å². The number of rotatable bonds is 3. The van der Waals surface area contributed by atoms with Crippen molar-refractivity contribution in [2.45, 2.75) is 32.1 Å². The highest BCUT2D eigenvalue weighted by Gasteiger charge is 2.21. The monoisotopic (exact) mass is 349 g/mol. The molecule has 2 N–H and O–H groups in total. The van der Waals surface area contributed by atoms with Gasteiger partial charge in [0.05, 0.1) is 11.4 Å². The van der Waals surface area contributed by atoms with Gasteiger partial charge in [0.25, 0.3) is 5.91 Å². The molecule has 134 valence electrons. The van der Waals surface area contributed by atoms with Crippen LogP contribution in [0, 0.1) is 0 Å². The Hall–Kier alpha value is -2.82. The van der Waals surface area contributed by atoms with Gasteiger partial charge in [-0.15, -0.1) is 0 Å². The SMILES string of the molecule is O=C(Nc1ccccc1NC(=O)N1CCCC1)c1cccc2c1CCC2. The molecule has 0 aromatic heterocycles. The molecule has 1 saturated heterocycles. The van der Waals surface area contributed by atoms with E-state index in [1.165, 1.54) is 5.56 Å². The number of amides is 3. The van der Waals surface area contributed by atoms with Gasteiger partial charge >= 0.3 is 6.03 Å². The van der Waals surface area contributed by atoms with Gasteiger partial charge in [0, 0.05) is 18.7 Å². The summed E-state index contributed by atoms with van der Waals surface area (Å²) in [7, 11) is 0. The lowest BCUT2D eigenvalue weighted by molar-refractivity contribution is 0.102. The van der Waals surface area contributed by atoms with Crippen molar-refractivity contribution in [1.82, 2.24) is 4.90 Å². The molecule has 1 aliphatic carbocycles. The molecule has 1 aliphatic heterocycles. The lowest BCUT2D eigenvalue weighted by Crippen LogP contribution is -2.32. The topological polar surface area (TPSA) is 61.4 Å². The van der Waals surface area contributed by atoms with Crippen molar-refractivity contribution >= 4 is 23.3 Å². The third kappa shape index (κ3) is 3.29. The van der Waals surface area contributed by atoms with Gasteiger partial charge in [-0.05, 0) is 61.4 Å². The van der Waals surface area contributed by atoms with E-state index in [-0.39, 0.29) is 11.9 Å². The molecule has 1 heterocycles. The molecular formula is C21H23N3O2. The molecule has 0 atom stereocenters. The molecule has 2 aliphatic rings. The number of nitrogens with one attached hydrogen (secondary N) is 2. The number of nitrogens with zero attached hydrogens (tertiary/aromatic N) is 1. The molecule has 0 bridgehead atoms. The van der Waals surface area contributed by atoms with Gasteiger partial charge in [0.2, 0.25) is 0 Å². The fourth-order valence-corrected chi connectivity index (χ4v) is 3.84. The van der Waals surface area contributed by atoms with E-state index in [9.17, 15) is 9.59 Å². The van der Waals surface area contributed by atoms with Gasteiger partial charge in [0.1, 0.15) is 0 Å². The summed E-state index contributed by atoms with van der Waals surface area (Å²) in [5.41, 5.74) is 4.42. The second-order valence-electron chi connectivity index (χ2n) is 6.92. The minimum absolute atomic E-state index is 0.107. The third-order valence-electron chi connectivity index (χ3n) is 5.20. The molecule has 5 heteroatoms. The average Bonchev–Trinajstić information content (AvgIpc) is 3.34. The lowest BCUT2D eigenvalue weighted by atomic mass is 10.0. The molecule has 0 unspecified atom stereocenters. The number of aryl methyl sites for hydroxylation is 1. The van der Waals surface area contributed by atoms with Crippen LogP contribution in [0.2, 0.25) is 0 Å². The Balaban J connectivity index is 1.52. The molecule has 4 rings (SSSR count). The highest BCUT2D eigenvalue weighted by molar-refractivity contribution is 6.08. The van der Waals surface area contributed by atoms with Gasteiger partial charge in [-0.1, -0.05) is 24.3 Å². The maximum Gasteiger partial charge on any atom is 0.321 e. The quantitative estimate of drug-likeness (QED) is 0.878. The summed E-state index contributed by atoms with van der Waals surface area (Å²) in [6.07, 6.45) is 5.18. The van der Waals surface area contributed by atoms with E-state index in [2.05, 4.69) is 16.7 Å². The maximum atomic E-state index is 12.8. The second kappa shape index (κ2) is 7.20. The molecule has 2 aromatic rings. The molecule has 1 fully saturated rings. The first-order valence-electron chi connectivity index (χ1n) is 9.29. The number of carbonyl (C=O) groups is 2. The van der Waals surface area contributed by atoms with Crippen LogP contribution in [0.4, 0.5) is 16.2 Å². The minimum Gasteiger partial charge on any atom is -0.325 e. The van der Waals surface area contributed by atoms with Crippen LogP contribution in [0.3, 0.4) is 0 Å². The van der Waals surface area contributed by atoms with Crippen molar-refractivity contribution in [3.05, 3.63) is 59.2 Å². The Morgan fingerprint density at radius 1 is 0.808 bits per heavy atom. The average molecular weight is 349 g/mol. The number of anilines is 2. The Labute approximate surface area is 153 Å². The zero-order valence-corrected chi connectivity index (χ0v) is 14.8. The number of benzene rings is 2. The molecule has 0 saturated carbocycles. The minimum atomic E-state index is -0.119. The Morgan fingerprint density at radius 2 is 1.54 bits per heavy atom. The van der Waals surface area contributed by atoms with E-state index < -0.39 is 0 Å². The van der Waals surface area contributed by atoms with E-state index >= 15 is 0 Å². The summed E-state index contributed by atoms with van der Waals surface area (Å²) in [5.74, 6) is -0.119. The van der Waals surface area contributed by atoms with Crippen molar-refractivity contribution in [3.63, 3.8) is 0 Å². The van der Waals surface area contributed by atoms with Crippen molar-refractivity contribution in [2.75, 3.05) is 23.7 Å². The van der Waals surface area contributed by atoms with E-state index in [4.69, 9.17) is 0 Å². The summed E-state index contributed by atoms with van der Waals surface area (Å²) >= 11 is 0. The van der Waals surface area contributed by atoms with Crippen LogP contribution in [0.5, 0.6) is 0 Å². The van der Waals surface area contributed by atoms with Crippen LogP contribution in [-0.2, 0) is 12.8 Å². The van der Waals surface area contributed by atoms with Crippen molar-refractivity contribution < 1.29 is 9.59 Å². The fraction of sp³-hybridized carbons (Fsp3) is 0.333. The fourth-order valence-electron chi connectivity index (χ4n) is 3.84. The predicted molar refractivity (Wildman–Crippen MR) is 103 cm³/mol. The van der Waals surface area contributed by atoms with E-state index in [1.807, 2.05) is 41.3 Å². The van der Waals surface area contributed by atoms with Gasteiger partial charge < -0.3 is 15.5 Å². The number of hydrogen-bond acceptors (Lipinski definition) is 2. The van der Waals surface area contributed by atoms with E-state index in [1.54, 1.807) is 0 Å². The van der Waals surface area contributed by atoms with Crippen molar-refractivity contribution in [1.29, 1.82) is 0 Å². The molecular weight excluding hydrogens is 326 g/mol. The summed E-state index contributed by atoms with van der Waals surface area (Å²) in [6, 6.07) is 13.2. The molecule has 2 aromatic carbocycles. The number of hydrogen-bond donors (Lipinski definition) is 2. The zero-order chi connectivity index (χ0) is 17.9. The zero-order valence-electron chi connectivity index (χ0n) is 14.8. The van der Waals surface area contributed by atoms with Crippen molar-refractivity contribution in [3.8, 4) is 0 Å². The number of para-hydroxylation sites is 2. The first-order valence-corrected chi connectivity index (χ1v) is 9.29. The molecule has 0 spiro atoms. The van der Waals surface area contributed by atoms with Crippen LogP contribution in [-0.4, -0.2) is 29.9 Å². The van der Waals surface area contributed by atoms with E-state index in [0.29, 0.717) is 11.4 Å². The predicted octanol–water partition coefficient (Wildman–Crippen LogP) is 4.06. The van der Waals surface area contributed by atoms with Crippen LogP contribution < -0.4 is 10.6 Å².